The molecule has 0 aliphatic heterocycles. The Morgan fingerprint density at radius 2 is 1.62 bits per heavy atom. The normalized spacial score (nSPS) is 10.4. The van der Waals surface area contributed by atoms with Crippen LogP contribution in [0.1, 0.15) is 0 Å². The summed E-state index contributed by atoms with van der Waals surface area (Å²) in [5.41, 5.74) is 0. The Balaban J connectivity index is 0. The molecule has 0 aromatic rings. The van der Waals surface area contributed by atoms with Crippen LogP contribution < -0.4 is 0 Å². The van der Waals surface area contributed by atoms with E-state index >= 15 is 0 Å². The lowest BCUT2D eigenvalue weighted by atomic mass is 11.8. The number of phosphoric acid groups is 1. The van der Waals surface area contributed by atoms with Gasteiger partial charge in [0, 0.05) is 14.2 Å². The Kier molecular flexibility index (Phi) is 5.47. The van der Waals surface area contributed by atoms with E-state index in [4.69, 9.17) is 4.89 Å². The third kappa shape index (κ3) is 4.23. The van der Waals surface area contributed by atoms with Crippen molar-refractivity contribution in [3.05, 3.63) is 0 Å². The maximum absolute atomic E-state index is 10.1. The Morgan fingerprint density at radius 1 is 1.38 bits per heavy atom. The van der Waals surface area contributed by atoms with Crippen molar-refractivity contribution in [2.24, 2.45) is 0 Å². The van der Waals surface area contributed by atoms with Gasteiger partial charge in [0.15, 0.2) is 0 Å². The average Bonchev–Trinajstić information content (AvgIpc) is 1.68. The van der Waals surface area contributed by atoms with Crippen molar-refractivity contribution in [3.63, 3.8) is 0 Å². The van der Waals surface area contributed by atoms with E-state index in [0.29, 0.717) is 0 Å². The summed E-state index contributed by atoms with van der Waals surface area (Å²) in [4.78, 5) is 8.24. The highest BCUT2D eigenvalue weighted by Crippen LogP contribution is 2.40. The fraction of sp³-hybridized carbons (Fsp3) is 1.00. The van der Waals surface area contributed by atoms with Crippen molar-refractivity contribution in [2.45, 2.75) is 0 Å². The largest absolute Gasteiger partial charge is 0.471 e. The van der Waals surface area contributed by atoms with Crippen LogP contribution >= 0.6 is 7.82 Å². The molecule has 0 unspecified atom stereocenters. The van der Waals surface area contributed by atoms with Gasteiger partial charge >= 0.3 is 7.82 Å². The lowest BCUT2D eigenvalue weighted by Gasteiger charge is -2.01. The first-order chi connectivity index (χ1) is 3.12. The Bertz CT molecular complexity index is 82.4. The molecule has 0 amide bonds. The Labute approximate surface area is 47.2 Å². The number of rotatable bonds is 2. The molecule has 0 rings (SSSR count). The predicted octanol–water partition coefficient (Wildman–Crippen LogP) is -0.445. The molecule has 8 heavy (non-hydrogen) atoms. The fourth-order valence-corrected chi connectivity index (χ4v) is 0.224. The third-order valence-electron chi connectivity index (χ3n) is 0.461. The SMILES string of the molecule is COP(=O)(O)OC.O. The minimum Gasteiger partial charge on any atom is -0.412 e. The van der Waals surface area contributed by atoms with Crippen LogP contribution in [0.15, 0.2) is 0 Å². The molecule has 0 aliphatic carbocycles. The minimum absolute atomic E-state index is 0. The monoisotopic (exact) mass is 144 g/mol. The Morgan fingerprint density at radius 3 is 1.62 bits per heavy atom. The fourth-order valence-electron chi connectivity index (χ4n) is 0.0745. The molecule has 0 bridgehead atoms. The molecule has 0 aromatic heterocycles. The van der Waals surface area contributed by atoms with Crippen LogP contribution in [0.4, 0.5) is 0 Å². The summed E-state index contributed by atoms with van der Waals surface area (Å²) in [6.07, 6.45) is 0. The maximum Gasteiger partial charge on any atom is 0.471 e. The topological polar surface area (TPSA) is 87.3 Å². The van der Waals surface area contributed by atoms with E-state index in [0.717, 1.165) is 14.2 Å². The molecule has 6 heteroatoms. The van der Waals surface area contributed by atoms with Crippen molar-refractivity contribution in [1.29, 1.82) is 0 Å². The zero-order chi connectivity index (χ0) is 5.91. The summed E-state index contributed by atoms with van der Waals surface area (Å²) in [6, 6.07) is 0. The molecule has 0 saturated heterocycles. The highest BCUT2D eigenvalue weighted by molar-refractivity contribution is 7.47. The second kappa shape index (κ2) is 4.00. The summed E-state index contributed by atoms with van der Waals surface area (Å²) in [7, 11) is -1.45. The molecule has 0 spiro atoms. The number of hydrogen-bond acceptors (Lipinski definition) is 3. The van der Waals surface area contributed by atoms with Gasteiger partial charge in [0.2, 0.25) is 0 Å². The summed E-state index contributed by atoms with van der Waals surface area (Å²) >= 11 is 0. The quantitative estimate of drug-likeness (QED) is 0.532. The third-order valence-corrected chi connectivity index (χ3v) is 1.38. The van der Waals surface area contributed by atoms with E-state index in [9.17, 15) is 4.57 Å². The molecular formula is C2H9O5P. The molecule has 0 fully saturated rings. The summed E-state index contributed by atoms with van der Waals surface area (Å²) in [5.74, 6) is 0. The van der Waals surface area contributed by atoms with Crippen molar-refractivity contribution in [3.8, 4) is 0 Å². The molecule has 52 valence electrons. The number of hydrogen-bond donors (Lipinski definition) is 1. The zero-order valence-electron chi connectivity index (χ0n) is 4.62. The highest BCUT2D eigenvalue weighted by Gasteiger charge is 2.13. The average molecular weight is 144 g/mol. The standard InChI is InChI=1S/C2H7O4P.H2O/c1-5-7(3,4)6-2;/h1-2H3,(H,3,4);1H2. The van der Waals surface area contributed by atoms with Gasteiger partial charge in [-0.2, -0.15) is 0 Å². The van der Waals surface area contributed by atoms with Gasteiger partial charge in [0.1, 0.15) is 0 Å². The van der Waals surface area contributed by atoms with Gasteiger partial charge in [-0.05, 0) is 0 Å². The smallest absolute Gasteiger partial charge is 0.412 e. The first kappa shape index (κ1) is 10.9. The molecule has 0 heterocycles. The van der Waals surface area contributed by atoms with Crippen LogP contribution in [-0.4, -0.2) is 24.6 Å². The first-order valence-corrected chi connectivity index (χ1v) is 3.06. The van der Waals surface area contributed by atoms with Crippen LogP contribution in [-0.2, 0) is 13.6 Å². The summed E-state index contributed by atoms with van der Waals surface area (Å²) in [5, 5.41) is 0. The lowest BCUT2D eigenvalue weighted by Crippen LogP contribution is -1.83. The molecule has 0 saturated carbocycles. The van der Waals surface area contributed by atoms with Crippen LogP contribution in [0.2, 0.25) is 0 Å². The molecule has 0 aliphatic rings. The van der Waals surface area contributed by atoms with Crippen molar-refractivity contribution in [2.75, 3.05) is 14.2 Å². The minimum atomic E-state index is -3.65. The van der Waals surface area contributed by atoms with E-state index in [1.165, 1.54) is 0 Å². The zero-order valence-corrected chi connectivity index (χ0v) is 5.51. The van der Waals surface area contributed by atoms with Gasteiger partial charge in [-0.25, -0.2) is 4.57 Å². The molecule has 3 N–H and O–H groups in total. The second-order valence-corrected chi connectivity index (χ2v) is 2.50. The van der Waals surface area contributed by atoms with Gasteiger partial charge in [-0.3, -0.25) is 9.05 Å². The highest BCUT2D eigenvalue weighted by atomic mass is 31.2. The predicted molar refractivity (Wildman–Crippen MR) is 27.5 cm³/mol. The first-order valence-electron chi connectivity index (χ1n) is 1.56. The van der Waals surface area contributed by atoms with Crippen LogP contribution in [0, 0.1) is 0 Å². The maximum atomic E-state index is 10.1. The van der Waals surface area contributed by atoms with Crippen molar-refractivity contribution in [1.82, 2.24) is 0 Å². The molecule has 0 radical (unpaired) electrons. The van der Waals surface area contributed by atoms with E-state index in [2.05, 4.69) is 9.05 Å². The van der Waals surface area contributed by atoms with Gasteiger partial charge in [-0.15, -0.1) is 0 Å². The van der Waals surface area contributed by atoms with E-state index in [-0.39, 0.29) is 5.48 Å². The number of phosphoric ester groups is 1. The van der Waals surface area contributed by atoms with E-state index in [1.54, 1.807) is 0 Å². The van der Waals surface area contributed by atoms with Crippen molar-refractivity contribution < 1.29 is 24.0 Å². The van der Waals surface area contributed by atoms with Crippen LogP contribution in [0.25, 0.3) is 0 Å². The van der Waals surface area contributed by atoms with Crippen molar-refractivity contribution >= 4 is 7.82 Å². The summed E-state index contributed by atoms with van der Waals surface area (Å²) in [6.45, 7) is 0. The van der Waals surface area contributed by atoms with Gasteiger partial charge in [0.05, 0.1) is 0 Å². The molecule has 0 atom stereocenters. The molecular weight excluding hydrogens is 135 g/mol. The van der Waals surface area contributed by atoms with E-state index < -0.39 is 7.82 Å². The lowest BCUT2D eigenvalue weighted by molar-refractivity contribution is 0.204. The van der Waals surface area contributed by atoms with Crippen LogP contribution in [0.3, 0.4) is 0 Å². The second-order valence-electron chi connectivity index (χ2n) is 0.834. The van der Waals surface area contributed by atoms with Gasteiger partial charge in [-0.1, -0.05) is 0 Å². The van der Waals surface area contributed by atoms with Gasteiger partial charge < -0.3 is 10.4 Å². The van der Waals surface area contributed by atoms with Crippen LogP contribution in [0.5, 0.6) is 0 Å². The molecule has 5 nitrogen and oxygen atoms in total. The van der Waals surface area contributed by atoms with E-state index in [1.807, 2.05) is 0 Å². The Hall–Kier alpha value is 0.0700. The summed E-state index contributed by atoms with van der Waals surface area (Å²) < 4.78 is 18.0. The molecule has 0 aromatic carbocycles. The van der Waals surface area contributed by atoms with Gasteiger partial charge in [0.25, 0.3) is 0 Å².